The fraction of sp³-hybridized carbons (Fsp3) is 0.722. The number of hydrogen-bond acceptors (Lipinski definition) is 4. The van der Waals surface area contributed by atoms with E-state index in [4.69, 9.17) is 0 Å². The van der Waals surface area contributed by atoms with Gasteiger partial charge in [-0.15, -0.1) is 0 Å². The molecule has 0 saturated carbocycles. The van der Waals surface area contributed by atoms with Crippen LogP contribution >= 0.6 is 0 Å². The molecule has 0 aromatic heterocycles. The molecule has 1 aromatic rings. The highest BCUT2D eigenvalue weighted by Crippen LogP contribution is 2.43. The van der Waals surface area contributed by atoms with Crippen LogP contribution in [0.4, 0.5) is 0 Å². The topological polar surface area (TPSA) is 68.3 Å². The summed E-state index contributed by atoms with van der Waals surface area (Å²) >= 11 is 0. The third-order valence-corrected chi connectivity index (χ3v) is 9.29. The van der Waals surface area contributed by atoms with Crippen LogP contribution in [0.15, 0.2) is 6.07 Å². The number of carbonyl (C=O) groups is 4. The standard InChI is InChI=1S/C36H56O4/c1-11-29(22(5)6)32(30(12-2)34(39)16-24(9)37)17-26-18-33-31(23(7)8)20-27(13-14-28(38)15-21(3)4)25(10)36(33)35(40)19-26/h20-23,26,29-30,32H,11-19H2,1-10H3. The Kier molecular flexibility index (Phi) is 13.0. The zero-order valence-corrected chi connectivity index (χ0v) is 27.1. The third-order valence-electron chi connectivity index (χ3n) is 9.29. The lowest BCUT2D eigenvalue weighted by Gasteiger charge is -2.38. The van der Waals surface area contributed by atoms with Crippen molar-refractivity contribution in [3.63, 3.8) is 0 Å². The molecule has 224 valence electrons. The predicted molar refractivity (Wildman–Crippen MR) is 165 cm³/mol. The Bertz CT molecular complexity index is 1060. The van der Waals surface area contributed by atoms with E-state index in [9.17, 15) is 19.2 Å². The predicted octanol–water partition coefficient (Wildman–Crippen LogP) is 8.67. The second-order valence-electron chi connectivity index (χ2n) is 13.7. The zero-order valence-electron chi connectivity index (χ0n) is 27.1. The Morgan fingerprint density at radius 2 is 1.60 bits per heavy atom. The zero-order chi connectivity index (χ0) is 30.3. The molecule has 0 N–H and O–H groups in total. The molecule has 40 heavy (non-hydrogen) atoms. The normalized spacial score (nSPS) is 17.7. The first-order valence-electron chi connectivity index (χ1n) is 15.9. The van der Waals surface area contributed by atoms with Gasteiger partial charge in [0.1, 0.15) is 17.3 Å². The molecule has 4 heteroatoms. The number of aryl methyl sites for hydroxylation is 1. The second-order valence-corrected chi connectivity index (χ2v) is 13.7. The van der Waals surface area contributed by atoms with Crippen LogP contribution in [-0.4, -0.2) is 23.1 Å². The smallest absolute Gasteiger partial charge is 0.163 e. The summed E-state index contributed by atoms with van der Waals surface area (Å²) in [4.78, 5) is 51.4. The molecular formula is C36H56O4. The van der Waals surface area contributed by atoms with E-state index in [1.807, 2.05) is 0 Å². The van der Waals surface area contributed by atoms with Crippen molar-refractivity contribution in [1.29, 1.82) is 0 Å². The maximum absolute atomic E-state index is 13.8. The molecule has 1 aliphatic carbocycles. The molecule has 0 fully saturated rings. The lowest BCUT2D eigenvalue weighted by Crippen LogP contribution is -2.35. The molecule has 1 aliphatic rings. The molecule has 0 heterocycles. The van der Waals surface area contributed by atoms with E-state index in [1.54, 1.807) is 0 Å². The highest BCUT2D eigenvalue weighted by Gasteiger charge is 2.38. The first-order valence-corrected chi connectivity index (χ1v) is 15.9. The van der Waals surface area contributed by atoms with Crippen LogP contribution in [0, 0.1) is 42.4 Å². The van der Waals surface area contributed by atoms with E-state index < -0.39 is 0 Å². The van der Waals surface area contributed by atoms with Gasteiger partial charge in [-0.05, 0) is 97.3 Å². The summed E-state index contributed by atoms with van der Waals surface area (Å²) < 4.78 is 0. The van der Waals surface area contributed by atoms with Crippen LogP contribution in [0.5, 0.6) is 0 Å². The first-order chi connectivity index (χ1) is 18.7. The number of benzene rings is 1. The van der Waals surface area contributed by atoms with Crippen molar-refractivity contribution in [2.24, 2.45) is 35.5 Å². The van der Waals surface area contributed by atoms with Crippen molar-refractivity contribution in [2.45, 2.75) is 133 Å². The molecule has 4 nitrogen and oxygen atoms in total. The maximum atomic E-state index is 13.8. The average molecular weight is 553 g/mol. The maximum Gasteiger partial charge on any atom is 0.163 e. The SMILES string of the molecule is CCC(C(=O)CC(C)=O)C(CC1CC(=O)c2c(C)c(CCC(=O)CC(C)C)cc(C(C)C)c2C1)C(CC)C(C)C. The number of Topliss-reactive ketones (excluding diaryl/α,β-unsaturated/α-hetero) is 4. The number of carbonyl (C=O) groups excluding carboxylic acids is 4. The van der Waals surface area contributed by atoms with Crippen LogP contribution in [0.3, 0.4) is 0 Å². The van der Waals surface area contributed by atoms with Crippen molar-refractivity contribution in [3.8, 4) is 0 Å². The molecule has 0 aliphatic heterocycles. The third kappa shape index (κ3) is 8.70. The number of ketones is 4. The Morgan fingerprint density at radius 1 is 0.950 bits per heavy atom. The van der Waals surface area contributed by atoms with Crippen molar-refractivity contribution in [3.05, 3.63) is 33.9 Å². The van der Waals surface area contributed by atoms with E-state index in [0.717, 1.165) is 42.4 Å². The van der Waals surface area contributed by atoms with Crippen molar-refractivity contribution in [2.75, 3.05) is 0 Å². The lowest BCUT2D eigenvalue weighted by atomic mass is 9.65. The molecule has 0 spiro atoms. The van der Waals surface area contributed by atoms with Gasteiger partial charge >= 0.3 is 0 Å². The van der Waals surface area contributed by atoms with Crippen LogP contribution < -0.4 is 0 Å². The van der Waals surface area contributed by atoms with Crippen LogP contribution in [0.1, 0.15) is 146 Å². The van der Waals surface area contributed by atoms with E-state index in [1.165, 1.54) is 18.1 Å². The van der Waals surface area contributed by atoms with Gasteiger partial charge < -0.3 is 0 Å². The van der Waals surface area contributed by atoms with E-state index in [0.29, 0.717) is 43.4 Å². The Hall–Kier alpha value is -2.10. The van der Waals surface area contributed by atoms with E-state index in [2.05, 4.69) is 68.4 Å². The largest absolute Gasteiger partial charge is 0.300 e. The molecule has 4 atom stereocenters. The quantitative estimate of drug-likeness (QED) is 0.192. The van der Waals surface area contributed by atoms with Gasteiger partial charge in [0.15, 0.2) is 5.78 Å². The molecule has 0 radical (unpaired) electrons. The molecule has 0 amide bonds. The molecule has 4 unspecified atom stereocenters. The Morgan fingerprint density at radius 3 is 2.10 bits per heavy atom. The summed E-state index contributed by atoms with van der Waals surface area (Å²) in [6.45, 7) is 20.8. The van der Waals surface area contributed by atoms with Gasteiger partial charge in [0.05, 0.1) is 6.42 Å². The number of rotatable bonds is 16. The van der Waals surface area contributed by atoms with Crippen LogP contribution in [0.25, 0.3) is 0 Å². The fourth-order valence-corrected chi connectivity index (χ4v) is 7.45. The van der Waals surface area contributed by atoms with Crippen molar-refractivity contribution < 1.29 is 19.2 Å². The number of fused-ring (bicyclic) bond motifs is 1. The minimum Gasteiger partial charge on any atom is -0.300 e. The Labute approximate surface area is 244 Å². The van der Waals surface area contributed by atoms with E-state index >= 15 is 0 Å². The fourth-order valence-electron chi connectivity index (χ4n) is 7.45. The molecule has 1 aromatic carbocycles. The van der Waals surface area contributed by atoms with Crippen molar-refractivity contribution >= 4 is 23.1 Å². The summed E-state index contributed by atoms with van der Waals surface area (Å²) in [6, 6.07) is 2.27. The lowest BCUT2D eigenvalue weighted by molar-refractivity contribution is -0.130. The van der Waals surface area contributed by atoms with Crippen LogP contribution in [-0.2, 0) is 27.2 Å². The molecule has 0 bridgehead atoms. The van der Waals surface area contributed by atoms with Crippen LogP contribution in [0.2, 0.25) is 0 Å². The molecule has 0 saturated heterocycles. The Balaban J connectivity index is 2.45. The van der Waals surface area contributed by atoms with Gasteiger partial charge in [0.25, 0.3) is 0 Å². The first kappa shape index (κ1) is 34.1. The van der Waals surface area contributed by atoms with Gasteiger partial charge in [-0.3, -0.25) is 19.2 Å². The minimum absolute atomic E-state index is 0.00903. The summed E-state index contributed by atoms with van der Waals surface area (Å²) in [5.74, 6) is 2.13. The summed E-state index contributed by atoms with van der Waals surface area (Å²) in [6.07, 6.45) is 5.73. The minimum atomic E-state index is -0.148. The van der Waals surface area contributed by atoms with Gasteiger partial charge in [0, 0.05) is 30.7 Å². The molecular weight excluding hydrogens is 496 g/mol. The summed E-state index contributed by atoms with van der Waals surface area (Å²) in [7, 11) is 0. The average Bonchev–Trinajstić information content (AvgIpc) is 2.82. The summed E-state index contributed by atoms with van der Waals surface area (Å²) in [5, 5.41) is 0. The van der Waals surface area contributed by atoms with Gasteiger partial charge in [-0.25, -0.2) is 0 Å². The number of hydrogen-bond donors (Lipinski definition) is 0. The van der Waals surface area contributed by atoms with Gasteiger partial charge in [0.2, 0.25) is 0 Å². The summed E-state index contributed by atoms with van der Waals surface area (Å²) in [5.41, 5.74) is 5.49. The molecule has 2 rings (SSSR count). The monoisotopic (exact) mass is 552 g/mol. The highest BCUT2D eigenvalue weighted by molar-refractivity contribution is 6.01. The van der Waals surface area contributed by atoms with E-state index in [-0.39, 0.29) is 53.2 Å². The van der Waals surface area contributed by atoms with Gasteiger partial charge in [-0.1, -0.05) is 67.9 Å². The van der Waals surface area contributed by atoms with Crippen molar-refractivity contribution in [1.82, 2.24) is 0 Å². The second kappa shape index (κ2) is 15.2. The highest BCUT2D eigenvalue weighted by atomic mass is 16.1. The van der Waals surface area contributed by atoms with Gasteiger partial charge in [-0.2, -0.15) is 0 Å².